The van der Waals surface area contributed by atoms with Crippen LogP contribution < -0.4 is 15.5 Å². The Labute approximate surface area is 270 Å². The van der Waals surface area contributed by atoms with Gasteiger partial charge in [0.1, 0.15) is 17.5 Å². The number of amides is 2. The van der Waals surface area contributed by atoms with Gasteiger partial charge in [-0.05, 0) is 88.7 Å². The largest absolute Gasteiger partial charge is 0.508 e. The number of carbonyl (C=O) groups excluding carboxylic acids is 2. The van der Waals surface area contributed by atoms with Crippen LogP contribution >= 0.6 is 0 Å². The Hall–Kier alpha value is -5.08. The van der Waals surface area contributed by atoms with Crippen LogP contribution in [0.15, 0.2) is 97.1 Å². The fourth-order valence-electron chi connectivity index (χ4n) is 6.39. The summed E-state index contributed by atoms with van der Waals surface area (Å²) < 4.78 is 0. The van der Waals surface area contributed by atoms with Gasteiger partial charge < -0.3 is 20.4 Å². The summed E-state index contributed by atoms with van der Waals surface area (Å²) in [6, 6.07) is 31.1. The quantitative estimate of drug-likeness (QED) is 0.135. The lowest BCUT2D eigenvalue weighted by atomic mass is 9.88. The number of hydrogen-bond acceptors (Lipinski definition) is 7. The maximum absolute atomic E-state index is 12.3. The lowest BCUT2D eigenvalue weighted by molar-refractivity contribution is -0.133. The number of hydrogen-bond donors (Lipinski definition) is 4. The molecule has 6 rings (SSSR count). The summed E-state index contributed by atoms with van der Waals surface area (Å²) in [7, 11) is 0. The Kier molecular flexibility index (Phi) is 9.36. The van der Waals surface area contributed by atoms with Gasteiger partial charge in [0.15, 0.2) is 0 Å². The Balaban J connectivity index is 1.15. The zero-order chi connectivity index (χ0) is 32.0. The van der Waals surface area contributed by atoms with E-state index in [0.29, 0.717) is 12.8 Å². The smallest absolute Gasteiger partial charge is 0.249 e. The van der Waals surface area contributed by atoms with Crippen molar-refractivity contribution in [3.8, 4) is 11.5 Å². The van der Waals surface area contributed by atoms with Crippen molar-refractivity contribution in [1.82, 2.24) is 10.2 Å². The van der Waals surface area contributed by atoms with Crippen LogP contribution in [0.1, 0.15) is 48.4 Å². The number of phenolic OH excluding ortho intramolecular Hbond substituents is 2. The molecular formula is C38H40N4O4. The second kappa shape index (κ2) is 13.9. The third-order valence-corrected chi connectivity index (χ3v) is 8.90. The molecule has 0 aromatic heterocycles. The molecule has 236 valence electrons. The van der Waals surface area contributed by atoms with E-state index in [2.05, 4.69) is 57.7 Å². The molecule has 2 heterocycles. The van der Waals surface area contributed by atoms with Crippen molar-refractivity contribution >= 4 is 34.3 Å². The fraction of sp³-hybridized carbons (Fsp3) is 0.263. The van der Waals surface area contributed by atoms with E-state index in [9.17, 15) is 19.8 Å². The predicted molar refractivity (Wildman–Crippen MR) is 183 cm³/mol. The first-order chi connectivity index (χ1) is 22.4. The van der Waals surface area contributed by atoms with E-state index in [1.54, 1.807) is 24.3 Å². The van der Waals surface area contributed by atoms with Crippen LogP contribution in [0.5, 0.6) is 11.5 Å². The molecule has 1 atom stereocenters. The molecule has 0 aliphatic carbocycles. The molecule has 0 saturated carbocycles. The zero-order valence-electron chi connectivity index (χ0n) is 26.1. The minimum Gasteiger partial charge on any atom is -0.508 e. The highest BCUT2D eigenvalue weighted by Gasteiger charge is 2.27. The minimum absolute atomic E-state index is 0.210. The number of para-hydroxylation sites is 1. The number of piperidine rings is 1. The average Bonchev–Trinajstić information content (AvgIpc) is 3.07. The van der Waals surface area contributed by atoms with Gasteiger partial charge in [0.25, 0.3) is 0 Å². The van der Waals surface area contributed by atoms with Crippen molar-refractivity contribution < 1.29 is 19.8 Å². The van der Waals surface area contributed by atoms with Gasteiger partial charge in [-0.2, -0.15) is 0 Å². The van der Waals surface area contributed by atoms with Crippen molar-refractivity contribution in [1.29, 1.82) is 0 Å². The van der Waals surface area contributed by atoms with Gasteiger partial charge in [-0.1, -0.05) is 61.5 Å². The van der Waals surface area contributed by atoms with E-state index >= 15 is 0 Å². The lowest BCUT2D eigenvalue weighted by Crippen LogP contribution is -2.48. The first kappa shape index (κ1) is 30.9. The third kappa shape index (κ3) is 7.08. The van der Waals surface area contributed by atoms with Crippen molar-refractivity contribution in [3.63, 3.8) is 0 Å². The molecular weight excluding hydrogens is 576 g/mol. The third-order valence-electron chi connectivity index (χ3n) is 8.90. The first-order valence-corrected chi connectivity index (χ1v) is 16.0. The maximum atomic E-state index is 12.3. The van der Waals surface area contributed by atoms with Crippen molar-refractivity contribution in [3.05, 3.63) is 119 Å². The van der Waals surface area contributed by atoms with E-state index in [1.807, 2.05) is 42.5 Å². The second-order valence-electron chi connectivity index (χ2n) is 11.9. The van der Waals surface area contributed by atoms with E-state index < -0.39 is 6.04 Å². The minimum atomic E-state index is -0.405. The van der Waals surface area contributed by atoms with Gasteiger partial charge in [-0.3, -0.25) is 19.8 Å². The number of anilines is 2. The summed E-state index contributed by atoms with van der Waals surface area (Å²) in [4.78, 5) is 28.7. The molecule has 2 aliphatic heterocycles. The van der Waals surface area contributed by atoms with E-state index in [1.165, 1.54) is 11.3 Å². The fourth-order valence-corrected chi connectivity index (χ4v) is 6.39. The van der Waals surface area contributed by atoms with Crippen LogP contribution in [-0.2, 0) is 16.1 Å². The summed E-state index contributed by atoms with van der Waals surface area (Å²) in [6.07, 6.45) is 1.65. The number of piperazine rings is 1. The van der Waals surface area contributed by atoms with Crippen LogP contribution in [-0.4, -0.2) is 59.1 Å². The lowest BCUT2D eigenvalue weighted by Gasteiger charge is -2.36. The SMILES string of the molecule is CCC(=C(c1ccc(O)cc1)c1ccc(N2CCN(Cc3ccccc3NC3CCC(=O)NC3=O)CC2)cc1)c1ccc(O)cc1. The molecule has 1 unspecified atom stereocenters. The molecule has 4 N–H and O–H groups in total. The first-order valence-electron chi connectivity index (χ1n) is 16.0. The highest BCUT2D eigenvalue weighted by molar-refractivity contribution is 6.01. The van der Waals surface area contributed by atoms with E-state index in [4.69, 9.17) is 0 Å². The van der Waals surface area contributed by atoms with Gasteiger partial charge in [0.05, 0.1) is 0 Å². The molecule has 0 spiro atoms. The molecule has 4 aromatic carbocycles. The highest BCUT2D eigenvalue weighted by atomic mass is 16.3. The molecule has 2 aliphatic rings. The number of rotatable bonds is 9. The molecule has 2 fully saturated rings. The molecule has 8 heteroatoms. The van der Waals surface area contributed by atoms with Crippen LogP contribution in [0.2, 0.25) is 0 Å². The predicted octanol–water partition coefficient (Wildman–Crippen LogP) is 6.01. The second-order valence-corrected chi connectivity index (χ2v) is 11.9. The number of aromatic hydroxyl groups is 2. The molecule has 46 heavy (non-hydrogen) atoms. The van der Waals surface area contributed by atoms with Gasteiger partial charge in [-0.15, -0.1) is 0 Å². The van der Waals surface area contributed by atoms with Crippen molar-refractivity contribution in [2.45, 2.75) is 38.8 Å². The standard InChI is InChI=1S/C38H40N4O4/c1-2-33(26-9-15-31(43)16-10-26)37(28-11-17-32(44)18-12-28)27-7-13-30(14-8-27)42-23-21-41(22-24-42)25-29-5-3-4-6-34(29)39-35-19-20-36(45)40-38(35)46/h3-18,35,39,43-44H,2,19-25H2,1H3,(H,40,45,46). The highest BCUT2D eigenvalue weighted by Crippen LogP contribution is 2.36. The molecule has 4 aromatic rings. The van der Waals surface area contributed by atoms with E-state index in [0.717, 1.165) is 72.7 Å². The summed E-state index contributed by atoms with van der Waals surface area (Å²) in [5.74, 6) is -0.00204. The number of carbonyl (C=O) groups is 2. The Morgan fingerprint density at radius 3 is 1.98 bits per heavy atom. The molecule has 2 saturated heterocycles. The summed E-state index contributed by atoms with van der Waals surface area (Å²) in [6.45, 7) is 6.54. The van der Waals surface area contributed by atoms with Gasteiger partial charge >= 0.3 is 0 Å². The molecule has 8 nitrogen and oxygen atoms in total. The normalized spacial score (nSPS) is 17.8. The zero-order valence-corrected chi connectivity index (χ0v) is 26.1. The molecule has 0 bridgehead atoms. The number of nitrogens with zero attached hydrogens (tertiary/aromatic N) is 2. The number of benzene rings is 4. The van der Waals surface area contributed by atoms with Crippen LogP contribution in [0.3, 0.4) is 0 Å². The Morgan fingerprint density at radius 2 is 1.37 bits per heavy atom. The number of imide groups is 1. The van der Waals surface area contributed by atoms with Crippen molar-refractivity contribution in [2.75, 3.05) is 36.4 Å². The molecule has 0 radical (unpaired) electrons. The average molecular weight is 617 g/mol. The number of nitrogens with one attached hydrogen (secondary N) is 2. The van der Waals surface area contributed by atoms with Crippen molar-refractivity contribution in [2.24, 2.45) is 0 Å². The number of phenols is 2. The van der Waals surface area contributed by atoms with Crippen LogP contribution in [0.4, 0.5) is 11.4 Å². The summed E-state index contributed by atoms with van der Waals surface area (Å²) in [5.41, 5.74) is 8.70. The Morgan fingerprint density at radius 1 is 0.783 bits per heavy atom. The summed E-state index contributed by atoms with van der Waals surface area (Å²) >= 11 is 0. The van der Waals surface area contributed by atoms with Crippen LogP contribution in [0, 0.1) is 0 Å². The van der Waals surface area contributed by atoms with E-state index in [-0.39, 0.29) is 23.3 Å². The maximum Gasteiger partial charge on any atom is 0.249 e. The monoisotopic (exact) mass is 616 g/mol. The molecule has 2 amide bonds. The van der Waals surface area contributed by atoms with Gasteiger partial charge in [0.2, 0.25) is 11.8 Å². The van der Waals surface area contributed by atoms with Crippen LogP contribution in [0.25, 0.3) is 11.1 Å². The van der Waals surface area contributed by atoms with Gasteiger partial charge in [0, 0.05) is 50.5 Å². The number of allylic oxidation sites excluding steroid dienone is 1. The van der Waals surface area contributed by atoms with Gasteiger partial charge in [-0.25, -0.2) is 0 Å². The topological polar surface area (TPSA) is 105 Å². The summed E-state index contributed by atoms with van der Waals surface area (Å²) in [5, 5.41) is 25.6. The Bertz CT molecular complexity index is 1710.